The monoisotopic (exact) mass is 292 g/mol. The third-order valence-electron chi connectivity index (χ3n) is 3.75. The molecule has 2 aromatic carbocycles. The summed E-state index contributed by atoms with van der Waals surface area (Å²) >= 11 is 0. The van der Waals surface area contributed by atoms with E-state index in [1.807, 2.05) is 43.3 Å². The zero-order valence-corrected chi connectivity index (χ0v) is 12.7. The summed E-state index contributed by atoms with van der Waals surface area (Å²) in [6, 6.07) is 18.1. The lowest BCUT2D eigenvalue weighted by atomic mass is 10.1. The van der Waals surface area contributed by atoms with E-state index in [1.165, 1.54) is 5.39 Å². The first kappa shape index (κ1) is 14.4. The van der Waals surface area contributed by atoms with Gasteiger partial charge in [0.2, 0.25) is 0 Å². The number of benzene rings is 2. The number of para-hydroxylation sites is 1. The predicted molar refractivity (Wildman–Crippen MR) is 91.3 cm³/mol. The quantitative estimate of drug-likeness (QED) is 0.643. The molecule has 0 bridgehead atoms. The molecule has 0 aliphatic carbocycles. The van der Waals surface area contributed by atoms with Gasteiger partial charge in [0, 0.05) is 28.9 Å². The Balaban J connectivity index is 1.64. The van der Waals surface area contributed by atoms with E-state index in [0.29, 0.717) is 6.42 Å². The number of carbonyl (C=O) groups is 1. The molecule has 1 aromatic heterocycles. The molecule has 3 rings (SSSR count). The number of rotatable bonds is 6. The molecule has 1 heterocycles. The maximum atomic E-state index is 11.8. The number of fused-ring (bicyclic) bond motifs is 1. The van der Waals surface area contributed by atoms with Crippen LogP contribution in [-0.2, 0) is 6.54 Å². The molecule has 112 valence electrons. The Bertz CT molecular complexity index is 738. The minimum atomic E-state index is 0.213. The van der Waals surface area contributed by atoms with Gasteiger partial charge in [-0.2, -0.15) is 0 Å². The second kappa shape index (κ2) is 6.48. The third-order valence-corrected chi connectivity index (χ3v) is 3.75. The van der Waals surface area contributed by atoms with Crippen LogP contribution >= 0.6 is 0 Å². The normalized spacial score (nSPS) is 10.8. The van der Waals surface area contributed by atoms with Crippen molar-refractivity contribution in [3.05, 3.63) is 65.9 Å². The second-order valence-electron chi connectivity index (χ2n) is 5.49. The number of hydrogen-bond donors (Lipinski definition) is 2. The molecule has 3 aromatic rings. The van der Waals surface area contributed by atoms with E-state index < -0.39 is 0 Å². The van der Waals surface area contributed by atoms with Crippen LogP contribution in [0.4, 0.5) is 5.69 Å². The highest BCUT2D eigenvalue weighted by atomic mass is 16.1. The highest BCUT2D eigenvalue weighted by molar-refractivity contribution is 5.96. The molecule has 0 radical (unpaired) electrons. The maximum absolute atomic E-state index is 11.8. The van der Waals surface area contributed by atoms with Crippen LogP contribution in [0.15, 0.2) is 54.6 Å². The lowest BCUT2D eigenvalue weighted by Gasteiger charge is -2.06. The van der Waals surface area contributed by atoms with E-state index >= 15 is 0 Å². The molecule has 0 atom stereocenters. The van der Waals surface area contributed by atoms with Crippen molar-refractivity contribution < 1.29 is 4.79 Å². The molecule has 0 unspecified atom stereocenters. The summed E-state index contributed by atoms with van der Waals surface area (Å²) in [5, 5.41) is 4.60. The summed E-state index contributed by atoms with van der Waals surface area (Å²) in [5.74, 6) is 0.213. The molecule has 0 aliphatic heterocycles. The van der Waals surface area contributed by atoms with Crippen LogP contribution in [0.25, 0.3) is 10.9 Å². The van der Waals surface area contributed by atoms with Gasteiger partial charge in [0.05, 0.1) is 6.54 Å². The molecule has 2 N–H and O–H groups in total. The largest absolute Gasteiger partial charge is 0.379 e. The summed E-state index contributed by atoms with van der Waals surface area (Å²) in [6.07, 6.45) is 1.50. The van der Waals surface area contributed by atoms with Gasteiger partial charge in [0.15, 0.2) is 5.78 Å². The smallest absolute Gasteiger partial charge is 0.162 e. The molecule has 0 fully saturated rings. The zero-order valence-electron chi connectivity index (χ0n) is 12.7. The highest BCUT2D eigenvalue weighted by Crippen LogP contribution is 2.17. The Labute approximate surface area is 130 Å². The number of Topliss-reactive ketones (excluding diaryl/α,β-unsaturated/α-hetero) is 1. The molecule has 0 spiro atoms. The van der Waals surface area contributed by atoms with Crippen LogP contribution in [0.2, 0.25) is 0 Å². The van der Waals surface area contributed by atoms with Gasteiger partial charge in [0.25, 0.3) is 0 Å². The molecule has 3 heteroatoms. The standard InChI is InChI=1S/C19H20N2O/c1-2-5-19(22)14-8-10-16(11-9-14)20-13-17-12-15-6-3-4-7-18(15)21-17/h3-4,6-12,20-21H,2,5,13H2,1H3. The topological polar surface area (TPSA) is 44.9 Å². The van der Waals surface area contributed by atoms with E-state index in [-0.39, 0.29) is 5.78 Å². The minimum Gasteiger partial charge on any atom is -0.379 e. The summed E-state index contributed by atoms with van der Waals surface area (Å²) < 4.78 is 0. The van der Waals surface area contributed by atoms with Crippen molar-refractivity contribution in [2.45, 2.75) is 26.3 Å². The Morgan fingerprint density at radius 3 is 2.59 bits per heavy atom. The van der Waals surface area contributed by atoms with Crippen LogP contribution in [0, 0.1) is 0 Å². The van der Waals surface area contributed by atoms with Crippen LogP contribution in [0.5, 0.6) is 0 Å². The average molecular weight is 292 g/mol. The lowest BCUT2D eigenvalue weighted by Crippen LogP contribution is -2.01. The fourth-order valence-electron chi connectivity index (χ4n) is 2.57. The maximum Gasteiger partial charge on any atom is 0.162 e. The number of ketones is 1. The van der Waals surface area contributed by atoms with Crippen molar-refractivity contribution in [3.8, 4) is 0 Å². The molecule has 0 aliphatic rings. The Hall–Kier alpha value is -2.55. The summed E-state index contributed by atoms with van der Waals surface area (Å²) in [5.41, 5.74) is 4.11. The number of nitrogens with one attached hydrogen (secondary N) is 2. The van der Waals surface area contributed by atoms with Gasteiger partial charge in [0.1, 0.15) is 0 Å². The Kier molecular flexibility index (Phi) is 4.24. The molecule has 0 saturated heterocycles. The molecule has 22 heavy (non-hydrogen) atoms. The average Bonchev–Trinajstić information content (AvgIpc) is 2.96. The molecule has 0 amide bonds. The van der Waals surface area contributed by atoms with E-state index in [1.54, 1.807) is 0 Å². The fourth-order valence-corrected chi connectivity index (χ4v) is 2.57. The first-order chi connectivity index (χ1) is 10.8. The zero-order chi connectivity index (χ0) is 15.4. The van der Waals surface area contributed by atoms with E-state index in [2.05, 4.69) is 28.5 Å². The number of H-pyrrole nitrogens is 1. The van der Waals surface area contributed by atoms with Crippen LogP contribution in [-0.4, -0.2) is 10.8 Å². The van der Waals surface area contributed by atoms with Gasteiger partial charge in [-0.15, -0.1) is 0 Å². The highest BCUT2D eigenvalue weighted by Gasteiger charge is 2.04. The second-order valence-corrected chi connectivity index (χ2v) is 5.49. The van der Waals surface area contributed by atoms with Gasteiger partial charge >= 0.3 is 0 Å². The van der Waals surface area contributed by atoms with Crippen molar-refractivity contribution >= 4 is 22.4 Å². The van der Waals surface area contributed by atoms with E-state index in [4.69, 9.17) is 0 Å². The van der Waals surface area contributed by atoms with Gasteiger partial charge in [-0.1, -0.05) is 25.1 Å². The summed E-state index contributed by atoms with van der Waals surface area (Å²) in [4.78, 5) is 15.2. The van der Waals surface area contributed by atoms with E-state index in [0.717, 1.165) is 35.4 Å². The number of hydrogen-bond acceptors (Lipinski definition) is 2. The van der Waals surface area contributed by atoms with Gasteiger partial charge in [-0.05, 0) is 48.2 Å². The van der Waals surface area contributed by atoms with Crippen molar-refractivity contribution in [1.82, 2.24) is 4.98 Å². The summed E-state index contributed by atoms with van der Waals surface area (Å²) in [6.45, 7) is 2.76. The first-order valence-electron chi connectivity index (χ1n) is 7.70. The van der Waals surface area contributed by atoms with Crippen molar-refractivity contribution in [2.24, 2.45) is 0 Å². The van der Waals surface area contributed by atoms with Crippen LogP contribution in [0.1, 0.15) is 35.8 Å². The molecular formula is C19H20N2O. The first-order valence-corrected chi connectivity index (χ1v) is 7.70. The molecule has 0 saturated carbocycles. The number of aromatic nitrogens is 1. The van der Waals surface area contributed by atoms with Crippen molar-refractivity contribution in [1.29, 1.82) is 0 Å². The van der Waals surface area contributed by atoms with Crippen LogP contribution < -0.4 is 5.32 Å². The Morgan fingerprint density at radius 2 is 1.86 bits per heavy atom. The van der Waals surface area contributed by atoms with Gasteiger partial charge in [-0.3, -0.25) is 4.79 Å². The number of aromatic amines is 1. The lowest BCUT2D eigenvalue weighted by molar-refractivity contribution is 0.0982. The Morgan fingerprint density at radius 1 is 1.09 bits per heavy atom. The number of anilines is 1. The minimum absolute atomic E-state index is 0.213. The van der Waals surface area contributed by atoms with Crippen molar-refractivity contribution in [3.63, 3.8) is 0 Å². The third kappa shape index (κ3) is 3.19. The van der Waals surface area contributed by atoms with Crippen molar-refractivity contribution in [2.75, 3.05) is 5.32 Å². The van der Waals surface area contributed by atoms with Gasteiger partial charge in [-0.25, -0.2) is 0 Å². The van der Waals surface area contributed by atoms with Crippen LogP contribution in [0.3, 0.4) is 0 Å². The molecule has 3 nitrogen and oxygen atoms in total. The summed E-state index contributed by atoms with van der Waals surface area (Å²) in [7, 11) is 0. The van der Waals surface area contributed by atoms with Gasteiger partial charge < -0.3 is 10.3 Å². The SMILES string of the molecule is CCCC(=O)c1ccc(NCc2cc3ccccc3[nH]2)cc1. The fraction of sp³-hybridized carbons (Fsp3) is 0.211. The number of carbonyl (C=O) groups excluding carboxylic acids is 1. The predicted octanol–water partition coefficient (Wildman–Crippen LogP) is 4.76. The molecular weight excluding hydrogens is 272 g/mol. The van der Waals surface area contributed by atoms with E-state index in [9.17, 15) is 4.79 Å².